The minimum atomic E-state index is 0.579. The lowest BCUT2D eigenvalue weighted by molar-refractivity contribution is 0.785. The number of allylic oxidation sites excluding steroid dienone is 1. The molecule has 3 rings (SSSR count). The number of hydrogen-bond donors (Lipinski definition) is 2. The van der Waals surface area contributed by atoms with Crippen molar-refractivity contribution in [2.45, 2.75) is 13.3 Å². The van der Waals surface area contributed by atoms with Gasteiger partial charge in [0.15, 0.2) is 10.3 Å². The molecule has 0 atom stereocenters. The van der Waals surface area contributed by atoms with E-state index in [2.05, 4.69) is 20.6 Å². The Hall–Kier alpha value is -1.95. The Morgan fingerprint density at radius 3 is 2.65 bits per heavy atom. The first-order valence-electron chi connectivity index (χ1n) is 8.11. The molecule has 0 amide bonds. The van der Waals surface area contributed by atoms with E-state index in [-0.39, 0.29) is 0 Å². The van der Waals surface area contributed by atoms with Gasteiger partial charge in [-0.1, -0.05) is 47.5 Å². The van der Waals surface area contributed by atoms with Crippen LogP contribution in [0.3, 0.4) is 0 Å². The summed E-state index contributed by atoms with van der Waals surface area (Å²) < 4.78 is 0. The number of halogens is 2. The summed E-state index contributed by atoms with van der Waals surface area (Å²) in [6.45, 7) is 2.78. The normalized spacial score (nSPS) is 15.4. The fraction of sp³-hybridized carbons (Fsp3) is 0.158. The van der Waals surface area contributed by atoms with Crippen LogP contribution in [0, 0.1) is 0 Å². The number of aliphatic imine (C=N–C) groups is 2. The molecular weight excluding hydrogens is 387 g/mol. The van der Waals surface area contributed by atoms with Gasteiger partial charge in [-0.15, -0.1) is 0 Å². The topological polar surface area (TPSA) is 48.8 Å². The van der Waals surface area contributed by atoms with Crippen LogP contribution in [0.25, 0.3) is 0 Å². The van der Waals surface area contributed by atoms with Crippen molar-refractivity contribution in [3.05, 3.63) is 76.0 Å². The number of nitrogens with one attached hydrogen (secondary N) is 2. The number of nitrogens with zero attached hydrogens (tertiary/aromatic N) is 2. The average molecular weight is 405 g/mol. The quantitative estimate of drug-likeness (QED) is 0.662. The molecule has 2 aromatic rings. The molecule has 0 fully saturated rings. The second-order valence-electron chi connectivity index (χ2n) is 5.66. The van der Waals surface area contributed by atoms with Gasteiger partial charge < -0.3 is 10.6 Å². The zero-order chi connectivity index (χ0) is 18.4. The largest absolute Gasteiger partial charge is 0.387 e. The summed E-state index contributed by atoms with van der Waals surface area (Å²) in [6, 6.07) is 15.6. The molecule has 0 saturated heterocycles. The van der Waals surface area contributed by atoms with Gasteiger partial charge in [0, 0.05) is 24.1 Å². The summed E-state index contributed by atoms with van der Waals surface area (Å²) in [4.78, 5) is 8.72. The van der Waals surface area contributed by atoms with E-state index in [1.807, 2.05) is 55.5 Å². The van der Waals surface area contributed by atoms with Crippen LogP contribution >= 0.6 is 35.0 Å². The van der Waals surface area contributed by atoms with Crippen molar-refractivity contribution in [1.29, 1.82) is 0 Å². The first-order chi connectivity index (χ1) is 12.6. The van der Waals surface area contributed by atoms with E-state index in [4.69, 9.17) is 23.2 Å². The maximum absolute atomic E-state index is 6.02. The molecule has 7 heteroatoms. The second-order valence-corrected chi connectivity index (χ2v) is 7.43. The van der Waals surface area contributed by atoms with Crippen molar-refractivity contribution in [2.75, 3.05) is 11.9 Å². The van der Waals surface area contributed by atoms with E-state index in [0.29, 0.717) is 10.0 Å². The Bertz CT molecular complexity index is 863. The maximum Gasteiger partial charge on any atom is 0.197 e. The highest BCUT2D eigenvalue weighted by molar-refractivity contribution is 8.29. The maximum atomic E-state index is 6.02. The van der Waals surface area contributed by atoms with Crippen molar-refractivity contribution < 1.29 is 0 Å². The van der Waals surface area contributed by atoms with Crippen LogP contribution in [0.4, 0.5) is 5.69 Å². The summed E-state index contributed by atoms with van der Waals surface area (Å²) in [5.41, 5.74) is 3.15. The molecule has 26 heavy (non-hydrogen) atoms. The standard InChI is InChI=1S/C19H18Cl2N4S/c1-13(22-10-9-14-7-8-16(20)17(21)11-14)12-23-18-25-19(26-18)24-15-5-3-2-4-6-15/h2-8,11-12,22H,9-10H2,1H3,(H,23,24,25). The van der Waals surface area contributed by atoms with Gasteiger partial charge in [0.05, 0.1) is 10.0 Å². The fourth-order valence-electron chi connectivity index (χ4n) is 2.23. The molecule has 1 aliphatic rings. The van der Waals surface area contributed by atoms with E-state index in [1.54, 1.807) is 6.20 Å². The molecule has 0 aliphatic carbocycles. The number of rotatable bonds is 6. The Balaban J connectivity index is 1.44. The van der Waals surface area contributed by atoms with Gasteiger partial charge in [-0.25, -0.2) is 4.99 Å². The van der Waals surface area contributed by atoms with Crippen molar-refractivity contribution in [3.8, 4) is 0 Å². The molecule has 0 unspecified atom stereocenters. The molecule has 4 nitrogen and oxygen atoms in total. The van der Waals surface area contributed by atoms with Gasteiger partial charge >= 0.3 is 0 Å². The summed E-state index contributed by atoms with van der Waals surface area (Å²) in [7, 11) is 0. The van der Waals surface area contributed by atoms with Crippen LogP contribution in [-0.4, -0.2) is 16.9 Å². The highest BCUT2D eigenvalue weighted by Crippen LogP contribution is 2.23. The number of amidine groups is 2. The minimum Gasteiger partial charge on any atom is -0.387 e. The smallest absolute Gasteiger partial charge is 0.197 e. The summed E-state index contributed by atoms with van der Waals surface area (Å²) in [6.07, 6.45) is 2.65. The van der Waals surface area contributed by atoms with Gasteiger partial charge in [-0.05, 0) is 54.9 Å². The highest BCUT2D eigenvalue weighted by Gasteiger charge is 2.16. The summed E-state index contributed by atoms with van der Waals surface area (Å²) in [5.74, 6) is 0. The van der Waals surface area contributed by atoms with E-state index < -0.39 is 0 Å². The molecule has 2 N–H and O–H groups in total. The number of para-hydroxylation sites is 1. The van der Waals surface area contributed by atoms with Crippen molar-refractivity contribution >= 4 is 51.0 Å². The molecule has 0 radical (unpaired) electrons. The van der Waals surface area contributed by atoms with Crippen molar-refractivity contribution in [2.24, 2.45) is 9.98 Å². The zero-order valence-corrected chi connectivity index (χ0v) is 16.5. The summed E-state index contributed by atoms with van der Waals surface area (Å²) >= 11 is 13.5. The molecule has 134 valence electrons. The van der Waals surface area contributed by atoms with E-state index in [9.17, 15) is 0 Å². The number of benzene rings is 2. The third-order valence-corrected chi connectivity index (χ3v) is 5.09. The van der Waals surface area contributed by atoms with Gasteiger partial charge in [0.1, 0.15) is 0 Å². The second kappa shape index (κ2) is 9.12. The Morgan fingerprint density at radius 2 is 1.92 bits per heavy atom. The first kappa shape index (κ1) is 18.8. The molecule has 0 bridgehead atoms. The zero-order valence-electron chi connectivity index (χ0n) is 14.2. The van der Waals surface area contributed by atoms with Gasteiger partial charge in [0.25, 0.3) is 0 Å². The predicted molar refractivity (Wildman–Crippen MR) is 114 cm³/mol. The van der Waals surface area contributed by atoms with Crippen molar-refractivity contribution in [1.82, 2.24) is 5.32 Å². The highest BCUT2D eigenvalue weighted by atomic mass is 35.5. The van der Waals surface area contributed by atoms with E-state index in [0.717, 1.165) is 40.2 Å². The number of thioether (sulfide) groups is 1. The Kier molecular flexibility index (Phi) is 6.61. The lowest BCUT2D eigenvalue weighted by Crippen LogP contribution is -2.19. The SMILES string of the molecule is CC(=CN=C1N=C(Nc2ccccc2)S1)NCCc1ccc(Cl)c(Cl)c1. The first-order valence-corrected chi connectivity index (χ1v) is 9.68. The average Bonchev–Trinajstić information content (AvgIpc) is 2.61. The van der Waals surface area contributed by atoms with Crippen LogP contribution < -0.4 is 10.6 Å². The minimum absolute atomic E-state index is 0.579. The van der Waals surface area contributed by atoms with Crippen LogP contribution in [0.1, 0.15) is 12.5 Å². The lowest BCUT2D eigenvalue weighted by Gasteiger charge is -2.15. The van der Waals surface area contributed by atoms with Crippen LogP contribution in [-0.2, 0) is 6.42 Å². The van der Waals surface area contributed by atoms with Crippen LogP contribution in [0.2, 0.25) is 10.0 Å². The number of anilines is 1. The third-order valence-electron chi connectivity index (χ3n) is 3.58. The molecule has 0 spiro atoms. The third kappa shape index (κ3) is 5.53. The molecular formula is C19H18Cl2N4S. The predicted octanol–water partition coefficient (Wildman–Crippen LogP) is 5.56. The van der Waals surface area contributed by atoms with E-state index >= 15 is 0 Å². The molecule has 0 saturated carbocycles. The van der Waals surface area contributed by atoms with Crippen LogP contribution in [0.15, 0.2) is 70.4 Å². The Labute approximate surface area is 167 Å². The Morgan fingerprint density at radius 1 is 1.15 bits per heavy atom. The molecule has 1 aliphatic heterocycles. The summed E-state index contributed by atoms with van der Waals surface area (Å²) in [5, 5.41) is 9.32. The monoisotopic (exact) mass is 404 g/mol. The van der Waals surface area contributed by atoms with Gasteiger partial charge in [-0.3, -0.25) is 0 Å². The lowest BCUT2D eigenvalue weighted by atomic mass is 10.1. The van der Waals surface area contributed by atoms with Crippen LogP contribution in [0.5, 0.6) is 0 Å². The molecule has 1 heterocycles. The van der Waals surface area contributed by atoms with Gasteiger partial charge in [0.2, 0.25) is 0 Å². The molecule has 0 aromatic heterocycles. The number of hydrogen-bond acceptors (Lipinski definition) is 4. The fourth-order valence-corrected chi connectivity index (χ4v) is 3.14. The van der Waals surface area contributed by atoms with Gasteiger partial charge in [-0.2, -0.15) is 4.99 Å². The molecule has 2 aromatic carbocycles. The van der Waals surface area contributed by atoms with Crippen molar-refractivity contribution in [3.63, 3.8) is 0 Å². The van der Waals surface area contributed by atoms with E-state index in [1.165, 1.54) is 11.8 Å².